The molecule has 11 heteroatoms. The summed E-state index contributed by atoms with van der Waals surface area (Å²) >= 11 is 7.39. The van der Waals surface area contributed by atoms with Crippen LogP contribution in [0.25, 0.3) is 17.1 Å². The van der Waals surface area contributed by atoms with Crippen LogP contribution >= 0.6 is 23.4 Å². The van der Waals surface area contributed by atoms with E-state index in [9.17, 15) is 4.79 Å². The molecule has 0 radical (unpaired) electrons. The van der Waals surface area contributed by atoms with Gasteiger partial charge in [0.05, 0.1) is 24.2 Å². The van der Waals surface area contributed by atoms with Crippen LogP contribution in [0.1, 0.15) is 37.4 Å². The van der Waals surface area contributed by atoms with E-state index >= 15 is 0 Å². The van der Waals surface area contributed by atoms with Crippen molar-refractivity contribution < 1.29 is 9.32 Å². The van der Waals surface area contributed by atoms with E-state index in [-0.39, 0.29) is 5.91 Å². The molecule has 1 aromatic carbocycles. The quantitative estimate of drug-likeness (QED) is 0.344. The maximum Gasteiger partial charge on any atom is 0.237 e. The highest BCUT2D eigenvalue weighted by molar-refractivity contribution is 7.98. The fourth-order valence-corrected chi connectivity index (χ4v) is 4.71. The van der Waals surface area contributed by atoms with Gasteiger partial charge in [0, 0.05) is 29.7 Å². The summed E-state index contributed by atoms with van der Waals surface area (Å²) in [7, 11) is 0. The van der Waals surface area contributed by atoms with Crippen molar-refractivity contribution in [3.05, 3.63) is 65.5 Å². The molecule has 4 aromatic rings. The second kappa shape index (κ2) is 10.4. The van der Waals surface area contributed by atoms with E-state index in [1.54, 1.807) is 24.5 Å². The van der Waals surface area contributed by atoms with Crippen molar-refractivity contribution in [3.8, 4) is 17.1 Å². The minimum absolute atomic E-state index is 0.160. The molecule has 34 heavy (non-hydrogen) atoms. The fourth-order valence-electron chi connectivity index (χ4n) is 3.77. The number of amides is 1. The molecule has 4 heterocycles. The fraction of sp³-hybridized carbons (Fsp3) is 0.304. The maximum absolute atomic E-state index is 12.5. The highest BCUT2D eigenvalue weighted by Gasteiger charge is 2.22. The summed E-state index contributed by atoms with van der Waals surface area (Å²) < 4.78 is 7.37. The molecule has 0 spiro atoms. The van der Waals surface area contributed by atoms with Crippen LogP contribution in [0.4, 0.5) is 0 Å². The number of nitrogens with zero attached hydrogens (tertiary/aromatic N) is 7. The Morgan fingerprint density at radius 3 is 2.79 bits per heavy atom. The van der Waals surface area contributed by atoms with Gasteiger partial charge in [0.1, 0.15) is 0 Å². The van der Waals surface area contributed by atoms with Gasteiger partial charge in [-0.2, -0.15) is 4.98 Å². The zero-order valence-electron chi connectivity index (χ0n) is 18.3. The highest BCUT2D eigenvalue weighted by atomic mass is 35.5. The van der Waals surface area contributed by atoms with Crippen molar-refractivity contribution in [2.75, 3.05) is 6.54 Å². The number of aromatic nitrogens is 6. The Labute approximate surface area is 205 Å². The van der Waals surface area contributed by atoms with Gasteiger partial charge in [-0.05, 0) is 49.2 Å². The first-order chi connectivity index (χ1) is 16.7. The zero-order chi connectivity index (χ0) is 23.3. The van der Waals surface area contributed by atoms with Gasteiger partial charge in [-0.25, -0.2) is 0 Å². The van der Waals surface area contributed by atoms with E-state index in [0.29, 0.717) is 46.4 Å². The summed E-state index contributed by atoms with van der Waals surface area (Å²) in [5, 5.41) is 14.2. The average molecular weight is 496 g/mol. The Balaban J connectivity index is 1.36. The molecule has 1 aliphatic heterocycles. The lowest BCUT2D eigenvalue weighted by atomic mass is 10.2. The third-order valence-corrected chi connectivity index (χ3v) is 6.67. The van der Waals surface area contributed by atoms with Gasteiger partial charge in [0.15, 0.2) is 11.0 Å². The van der Waals surface area contributed by atoms with Crippen molar-refractivity contribution in [1.82, 2.24) is 34.8 Å². The Hall–Kier alpha value is -3.24. The van der Waals surface area contributed by atoms with Gasteiger partial charge in [0.25, 0.3) is 0 Å². The number of benzene rings is 1. The molecule has 0 N–H and O–H groups in total. The molecular formula is C23H22ClN7O2S. The maximum atomic E-state index is 12.5. The lowest BCUT2D eigenvalue weighted by Crippen LogP contribution is -2.31. The van der Waals surface area contributed by atoms with Gasteiger partial charge < -0.3 is 9.42 Å². The Bertz CT molecular complexity index is 1260. The van der Waals surface area contributed by atoms with Crippen molar-refractivity contribution >= 4 is 29.3 Å². The summed E-state index contributed by atoms with van der Waals surface area (Å²) in [6.45, 7) is 1.14. The number of pyridine rings is 1. The number of hydrogen-bond donors (Lipinski definition) is 0. The number of likely N-dealkylation sites (tertiary alicyclic amines) is 1. The van der Waals surface area contributed by atoms with Crippen molar-refractivity contribution in [2.24, 2.45) is 0 Å². The van der Waals surface area contributed by atoms with Crippen LogP contribution in [0.2, 0.25) is 5.02 Å². The molecule has 3 aromatic heterocycles. The normalized spacial score (nSPS) is 14.4. The highest BCUT2D eigenvalue weighted by Crippen LogP contribution is 2.27. The predicted molar refractivity (Wildman–Crippen MR) is 127 cm³/mol. The Morgan fingerprint density at radius 2 is 1.97 bits per heavy atom. The van der Waals surface area contributed by atoms with Crippen molar-refractivity contribution in [3.63, 3.8) is 0 Å². The smallest absolute Gasteiger partial charge is 0.237 e. The van der Waals surface area contributed by atoms with Crippen LogP contribution in [-0.2, 0) is 17.1 Å². The lowest BCUT2D eigenvalue weighted by molar-refractivity contribution is -0.131. The largest absolute Gasteiger partial charge is 0.338 e. The third kappa shape index (κ3) is 5.13. The SMILES string of the molecule is O=C1CCCCCN1Cc1nnc(SCc2nc(-c3ccc(Cl)cc3)no2)n1-c1cccnc1. The molecular weight excluding hydrogens is 474 g/mol. The Morgan fingerprint density at radius 1 is 1.09 bits per heavy atom. The van der Waals surface area contributed by atoms with Gasteiger partial charge in [-0.3, -0.25) is 14.3 Å². The predicted octanol–water partition coefficient (Wildman–Crippen LogP) is 4.56. The van der Waals surface area contributed by atoms with E-state index in [2.05, 4.69) is 25.3 Å². The first-order valence-electron chi connectivity index (χ1n) is 11.0. The van der Waals surface area contributed by atoms with Crippen LogP contribution in [0, 0.1) is 0 Å². The number of thioether (sulfide) groups is 1. The Kier molecular flexibility index (Phi) is 6.87. The van der Waals surface area contributed by atoms with Crippen LogP contribution in [0.15, 0.2) is 58.5 Å². The number of hydrogen-bond acceptors (Lipinski definition) is 8. The van der Waals surface area contributed by atoms with E-state index in [1.165, 1.54) is 11.8 Å². The number of rotatable bonds is 7. The van der Waals surface area contributed by atoms with Crippen LogP contribution in [-0.4, -0.2) is 47.2 Å². The topological polar surface area (TPSA) is 103 Å². The van der Waals surface area contributed by atoms with E-state index < -0.39 is 0 Å². The molecule has 174 valence electrons. The molecule has 1 aliphatic rings. The summed E-state index contributed by atoms with van der Waals surface area (Å²) in [4.78, 5) is 23.1. The average Bonchev–Trinajstić information content (AvgIpc) is 3.44. The van der Waals surface area contributed by atoms with Crippen molar-refractivity contribution in [1.29, 1.82) is 0 Å². The molecule has 0 atom stereocenters. The first-order valence-corrected chi connectivity index (χ1v) is 12.4. The van der Waals surface area contributed by atoms with Crippen LogP contribution in [0.3, 0.4) is 0 Å². The molecule has 9 nitrogen and oxygen atoms in total. The summed E-state index contributed by atoms with van der Waals surface area (Å²) in [5.74, 6) is 2.24. The van der Waals surface area contributed by atoms with Gasteiger partial charge >= 0.3 is 0 Å². The minimum atomic E-state index is 0.160. The molecule has 0 saturated carbocycles. The molecule has 1 amide bonds. The molecule has 0 unspecified atom stereocenters. The van der Waals surface area contributed by atoms with Gasteiger partial charge in [-0.15, -0.1) is 10.2 Å². The summed E-state index contributed by atoms with van der Waals surface area (Å²) in [5.41, 5.74) is 1.66. The zero-order valence-corrected chi connectivity index (χ0v) is 19.9. The van der Waals surface area contributed by atoms with Crippen LogP contribution < -0.4 is 0 Å². The van der Waals surface area contributed by atoms with E-state index in [1.807, 2.05) is 33.7 Å². The van der Waals surface area contributed by atoms with E-state index in [4.69, 9.17) is 16.1 Å². The lowest BCUT2D eigenvalue weighted by Gasteiger charge is -2.20. The number of carbonyl (C=O) groups excluding carboxylic acids is 1. The second-order valence-electron chi connectivity index (χ2n) is 7.88. The van der Waals surface area contributed by atoms with Crippen molar-refractivity contribution in [2.45, 2.75) is 43.1 Å². The monoisotopic (exact) mass is 495 g/mol. The molecule has 1 saturated heterocycles. The summed E-state index contributed by atoms with van der Waals surface area (Å²) in [6, 6.07) is 11.1. The van der Waals surface area contributed by atoms with Gasteiger partial charge in [-0.1, -0.05) is 34.9 Å². The summed E-state index contributed by atoms with van der Waals surface area (Å²) in [6.07, 6.45) is 7.06. The van der Waals surface area contributed by atoms with Gasteiger partial charge in [0.2, 0.25) is 17.6 Å². The van der Waals surface area contributed by atoms with Crippen LogP contribution in [0.5, 0.6) is 0 Å². The third-order valence-electron chi connectivity index (χ3n) is 5.50. The molecule has 0 aliphatic carbocycles. The second-order valence-corrected chi connectivity index (χ2v) is 9.26. The first kappa shape index (κ1) is 22.5. The molecule has 5 rings (SSSR count). The minimum Gasteiger partial charge on any atom is -0.338 e. The molecule has 0 bridgehead atoms. The molecule has 1 fully saturated rings. The number of halogens is 1. The number of carbonyl (C=O) groups is 1. The van der Waals surface area contributed by atoms with E-state index in [0.717, 1.165) is 37.1 Å². The standard InChI is InChI=1S/C23H22ClN7O2S/c24-17-9-7-16(8-10-17)22-26-20(33-29-22)15-34-23-28-27-19(31(23)18-5-4-11-25-13-18)14-30-12-3-1-2-6-21(30)32/h4-5,7-11,13H,1-3,6,12,14-15H2.